The molecule has 0 aliphatic heterocycles. The van der Waals surface area contributed by atoms with Crippen LogP contribution in [0.5, 0.6) is 0 Å². The van der Waals surface area contributed by atoms with Crippen LogP contribution in [0.15, 0.2) is 24.7 Å². The van der Waals surface area contributed by atoms with Crippen molar-refractivity contribution in [3.8, 4) is 11.4 Å². The maximum Gasteiger partial charge on any atom is 0.310 e. The van der Waals surface area contributed by atoms with Crippen LogP contribution in [-0.4, -0.2) is 39.1 Å². The Hall–Kier alpha value is -2.74. The third-order valence-corrected chi connectivity index (χ3v) is 5.28. The van der Waals surface area contributed by atoms with Gasteiger partial charge in [-0.2, -0.15) is 0 Å². The lowest BCUT2D eigenvalue weighted by Crippen LogP contribution is -2.38. The SMILES string of the molecule is COC(=O)C1CCCC[C@@H]1Nc1nc(-c2c[nH]c3ncc(Cl)cc23)ncc1F. The molecule has 28 heavy (non-hydrogen) atoms. The van der Waals surface area contributed by atoms with E-state index in [1.807, 2.05) is 0 Å². The fraction of sp³-hybridized carbons (Fsp3) is 0.368. The van der Waals surface area contributed by atoms with E-state index in [1.165, 1.54) is 7.11 Å². The molecule has 2 N–H and O–H groups in total. The number of esters is 1. The lowest BCUT2D eigenvalue weighted by molar-refractivity contribution is -0.146. The first-order valence-corrected chi connectivity index (χ1v) is 9.44. The molecule has 0 spiro atoms. The minimum atomic E-state index is -0.575. The number of aromatic amines is 1. The zero-order chi connectivity index (χ0) is 19.7. The van der Waals surface area contributed by atoms with E-state index in [9.17, 15) is 9.18 Å². The molecule has 1 aliphatic carbocycles. The highest BCUT2D eigenvalue weighted by molar-refractivity contribution is 6.31. The summed E-state index contributed by atoms with van der Waals surface area (Å²) in [5.41, 5.74) is 1.31. The first kappa shape index (κ1) is 18.6. The van der Waals surface area contributed by atoms with Crippen molar-refractivity contribution in [1.29, 1.82) is 0 Å². The van der Waals surface area contributed by atoms with Crippen molar-refractivity contribution in [2.24, 2.45) is 5.92 Å². The van der Waals surface area contributed by atoms with Crippen molar-refractivity contribution in [1.82, 2.24) is 19.9 Å². The molecule has 4 rings (SSSR count). The van der Waals surface area contributed by atoms with Crippen LogP contribution in [0, 0.1) is 11.7 Å². The average molecular weight is 404 g/mol. The zero-order valence-corrected chi connectivity index (χ0v) is 16.0. The summed E-state index contributed by atoms with van der Waals surface area (Å²) in [6.45, 7) is 0. The number of halogens is 2. The molecule has 3 aromatic heterocycles. The average Bonchev–Trinajstić information content (AvgIpc) is 3.12. The molecule has 9 heteroatoms. The molecule has 0 amide bonds. The second-order valence-corrected chi connectivity index (χ2v) is 7.24. The van der Waals surface area contributed by atoms with Gasteiger partial charge in [0.05, 0.1) is 24.2 Å². The summed E-state index contributed by atoms with van der Waals surface area (Å²) in [7, 11) is 1.37. The van der Waals surface area contributed by atoms with Gasteiger partial charge < -0.3 is 15.0 Å². The number of fused-ring (bicyclic) bond motifs is 1. The molecule has 1 fully saturated rings. The third kappa shape index (κ3) is 3.52. The van der Waals surface area contributed by atoms with Crippen LogP contribution in [-0.2, 0) is 9.53 Å². The number of ether oxygens (including phenoxy) is 1. The van der Waals surface area contributed by atoms with Gasteiger partial charge in [0.2, 0.25) is 0 Å². The molecule has 7 nitrogen and oxygen atoms in total. The van der Waals surface area contributed by atoms with E-state index in [-0.39, 0.29) is 23.7 Å². The highest BCUT2D eigenvalue weighted by Gasteiger charge is 2.32. The van der Waals surface area contributed by atoms with E-state index in [0.29, 0.717) is 28.5 Å². The van der Waals surface area contributed by atoms with Crippen LogP contribution in [0.3, 0.4) is 0 Å². The standard InChI is InChI=1S/C19H19ClFN5O2/c1-28-19(27)11-4-2-3-5-15(11)25-18-14(21)9-24-17(26-18)13-8-23-16-12(13)6-10(20)7-22-16/h6-9,11,15H,2-5H2,1H3,(H,22,23)(H,24,25,26)/t11?,15-/m0/s1. The summed E-state index contributed by atoms with van der Waals surface area (Å²) in [4.78, 5) is 27.8. The maximum atomic E-state index is 14.4. The van der Waals surface area contributed by atoms with Gasteiger partial charge in [0.1, 0.15) is 5.65 Å². The number of rotatable bonds is 4. The van der Waals surface area contributed by atoms with Gasteiger partial charge in [-0.3, -0.25) is 4.79 Å². The largest absolute Gasteiger partial charge is 0.469 e. The smallest absolute Gasteiger partial charge is 0.310 e. The second-order valence-electron chi connectivity index (χ2n) is 6.81. The molecule has 146 valence electrons. The number of H-pyrrole nitrogens is 1. The lowest BCUT2D eigenvalue weighted by atomic mass is 9.84. The Morgan fingerprint density at radius 1 is 1.32 bits per heavy atom. The number of methoxy groups -OCH3 is 1. The van der Waals surface area contributed by atoms with E-state index in [4.69, 9.17) is 16.3 Å². The van der Waals surface area contributed by atoms with Gasteiger partial charge in [0.25, 0.3) is 0 Å². The van der Waals surface area contributed by atoms with Crippen LogP contribution in [0.25, 0.3) is 22.4 Å². The van der Waals surface area contributed by atoms with Gasteiger partial charge in [-0.05, 0) is 18.9 Å². The van der Waals surface area contributed by atoms with Crippen molar-refractivity contribution in [3.63, 3.8) is 0 Å². The molecule has 3 aromatic rings. The number of hydrogen-bond acceptors (Lipinski definition) is 6. The Morgan fingerprint density at radius 2 is 2.14 bits per heavy atom. The number of carbonyl (C=O) groups excluding carboxylic acids is 1. The highest BCUT2D eigenvalue weighted by atomic mass is 35.5. The number of nitrogens with one attached hydrogen (secondary N) is 2. The van der Waals surface area contributed by atoms with Gasteiger partial charge in [-0.15, -0.1) is 0 Å². The van der Waals surface area contributed by atoms with Gasteiger partial charge in [0.15, 0.2) is 17.5 Å². The molecule has 1 aliphatic rings. The molecule has 1 unspecified atom stereocenters. The fourth-order valence-corrected chi connectivity index (χ4v) is 3.83. The number of aromatic nitrogens is 4. The van der Waals surface area contributed by atoms with E-state index in [2.05, 4.69) is 25.3 Å². The summed E-state index contributed by atoms with van der Waals surface area (Å²) in [5.74, 6) is -0.786. The van der Waals surface area contributed by atoms with Crippen molar-refractivity contribution < 1.29 is 13.9 Å². The Balaban J connectivity index is 1.67. The van der Waals surface area contributed by atoms with Crippen molar-refractivity contribution in [2.45, 2.75) is 31.7 Å². The van der Waals surface area contributed by atoms with Crippen LogP contribution < -0.4 is 5.32 Å². The van der Waals surface area contributed by atoms with Crippen LogP contribution in [0.1, 0.15) is 25.7 Å². The third-order valence-electron chi connectivity index (χ3n) is 5.07. The number of pyridine rings is 1. The number of hydrogen-bond donors (Lipinski definition) is 2. The summed E-state index contributed by atoms with van der Waals surface area (Å²) >= 11 is 6.05. The molecule has 2 atom stereocenters. The Kier molecular flexibility index (Phi) is 5.13. The van der Waals surface area contributed by atoms with E-state index in [0.717, 1.165) is 30.8 Å². The zero-order valence-electron chi connectivity index (χ0n) is 15.2. The highest BCUT2D eigenvalue weighted by Crippen LogP contribution is 2.31. The van der Waals surface area contributed by atoms with Crippen LogP contribution in [0.2, 0.25) is 5.02 Å². The van der Waals surface area contributed by atoms with Gasteiger partial charge in [-0.1, -0.05) is 24.4 Å². The lowest BCUT2D eigenvalue weighted by Gasteiger charge is -2.30. The molecular weight excluding hydrogens is 385 g/mol. The number of nitrogens with zero attached hydrogens (tertiary/aromatic N) is 3. The molecular formula is C19H19ClFN5O2. The first-order valence-electron chi connectivity index (χ1n) is 9.06. The minimum Gasteiger partial charge on any atom is -0.469 e. The summed E-state index contributed by atoms with van der Waals surface area (Å²) < 4.78 is 19.3. The van der Waals surface area contributed by atoms with E-state index < -0.39 is 5.82 Å². The van der Waals surface area contributed by atoms with Crippen molar-refractivity contribution >= 4 is 34.4 Å². The topological polar surface area (TPSA) is 92.8 Å². The summed E-state index contributed by atoms with van der Waals surface area (Å²) in [6.07, 6.45) is 7.72. The molecule has 0 aromatic carbocycles. The Morgan fingerprint density at radius 3 is 2.96 bits per heavy atom. The number of anilines is 1. The second kappa shape index (κ2) is 7.71. The predicted octanol–water partition coefficient (Wildman–Crippen LogP) is 3.96. The first-order chi connectivity index (χ1) is 13.6. The molecule has 0 radical (unpaired) electrons. The Labute approximate surface area is 165 Å². The van der Waals surface area contributed by atoms with Gasteiger partial charge >= 0.3 is 5.97 Å². The predicted molar refractivity (Wildman–Crippen MR) is 103 cm³/mol. The molecule has 0 saturated heterocycles. The quantitative estimate of drug-likeness (QED) is 0.640. The molecule has 1 saturated carbocycles. The minimum absolute atomic E-state index is 0.0649. The van der Waals surface area contributed by atoms with Crippen molar-refractivity contribution in [2.75, 3.05) is 12.4 Å². The normalized spacial score (nSPS) is 19.5. The summed E-state index contributed by atoms with van der Waals surface area (Å²) in [6, 6.07) is 1.52. The van der Waals surface area contributed by atoms with Crippen LogP contribution >= 0.6 is 11.6 Å². The van der Waals surface area contributed by atoms with E-state index in [1.54, 1.807) is 18.5 Å². The molecule has 0 bridgehead atoms. The number of carbonyl (C=O) groups is 1. The summed E-state index contributed by atoms with van der Waals surface area (Å²) in [5, 5.41) is 4.33. The fourth-order valence-electron chi connectivity index (χ4n) is 3.67. The maximum absolute atomic E-state index is 14.4. The monoisotopic (exact) mass is 403 g/mol. The van der Waals surface area contributed by atoms with Crippen LogP contribution in [0.4, 0.5) is 10.2 Å². The Bertz CT molecular complexity index is 1020. The van der Waals surface area contributed by atoms with Gasteiger partial charge in [0, 0.05) is 29.4 Å². The van der Waals surface area contributed by atoms with E-state index >= 15 is 0 Å². The molecule has 3 heterocycles. The van der Waals surface area contributed by atoms with Crippen molar-refractivity contribution in [3.05, 3.63) is 35.5 Å². The van der Waals surface area contributed by atoms with Gasteiger partial charge in [-0.25, -0.2) is 19.3 Å².